The van der Waals surface area contributed by atoms with E-state index in [1.165, 1.54) is 6.07 Å². The Hall–Kier alpha value is -1.98. The molecule has 1 aromatic rings. The first kappa shape index (κ1) is 14.0. The maximum atomic E-state index is 13.4. The highest BCUT2D eigenvalue weighted by Gasteiger charge is 2.36. The molecule has 2 saturated heterocycles. The molecule has 2 fully saturated rings. The number of carbonyl (C=O) groups is 2. The van der Waals surface area contributed by atoms with Crippen molar-refractivity contribution in [1.82, 2.24) is 10.2 Å². The Kier molecular flexibility index (Phi) is 3.61. The van der Waals surface area contributed by atoms with Gasteiger partial charge in [-0.1, -0.05) is 6.07 Å². The second-order valence-corrected chi connectivity index (χ2v) is 5.52. The summed E-state index contributed by atoms with van der Waals surface area (Å²) in [5.41, 5.74) is 0.601. The molecule has 6 heteroatoms. The number of amides is 2. The van der Waals surface area contributed by atoms with E-state index in [9.17, 15) is 18.4 Å². The molecule has 2 atom stereocenters. The zero-order valence-corrected chi connectivity index (χ0v) is 11.4. The summed E-state index contributed by atoms with van der Waals surface area (Å²) in [7, 11) is 0. The first-order chi connectivity index (χ1) is 10.1. The van der Waals surface area contributed by atoms with Crippen LogP contribution in [0, 0.1) is 11.6 Å². The van der Waals surface area contributed by atoms with E-state index >= 15 is 0 Å². The quantitative estimate of drug-likeness (QED) is 0.906. The fourth-order valence-corrected chi connectivity index (χ4v) is 3.10. The molecule has 2 aliphatic heterocycles. The van der Waals surface area contributed by atoms with Gasteiger partial charge in [0, 0.05) is 13.0 Å². The van der Waals surface area contributed by atoms with Gasteiger partial charge in [-0.3, -0.25) is 9.59 Å². The minimum Gasteiger partial charge on any atom is -0.344 e. The molecule has 1 aromatic carbocycles. The summed E-state index contributed by atoms with van der Waals surface area (Å²) in [6, 6.07) is 3.03. The minimum absolute atomic E-state index is 0.114. The number of likely N-dealkylation sites (tertiary alicyclic amines) is 1. The Labute approximate surface area is 121 Å². The number of hydrogen-bond acceptors (Lipinski definition) is 2. The molecule has 0 bridgehead atoms. The van der Waals surface area contributed by atoms with Crippen molar-refractivity contribution in [3.05, 3.63) is 35.4 Å². The second-order valence-electron chi connectivity index (χ2n) is 5.52. The number of benzene rings is 1. The Morgan fingerprint density at radius 3 is 2.71 bits per heavy atom. The Morgan fingerprint density at radius 2 is 2.05 bits per heavy atom. The summed E-state index contributed by atoms with van der Waals surface area (Å²) in [6.45, 7) is 0.578. The molecule has 21 heavy (non-hydrogen) atoms. The Balaban J connectivity index is 1.80. The van der Waals surface area contributed by atoms with Crippen LogP contribution in [0.3, 0.4) is 0 Å². The first-order valence-electron chi connectivity index (χ1n) is 7.11. The Bertz CT molecular complexity index is 591. The second kappa shape index (κ2) is 5.42. The zero-order chi connectivity index (χ0) is 15.0. The molecule has 4 nitrogen and oxygen atoms in total. The van der Waals surface area contributed by atoms with Crippen LogP contribution in [0.5, 0.6) is 0 Å². The van der Waals surface area contributed by atoms with Crippen LogP contribution in [0.1, 0.15) is 37.3 Å². The fraction of sp³-hybridized carbons (Fsp3) is 0.467. The van der Waals surface area contributed by atoms with Gasteiger partial charge < -0.3 is 10.2 Å². The van der Waals surface area contributed by atoms with Crippen molar-refractivity contribution in [2.75, 3.05) is 6.54 Å². The predicted octanol–water partition coefficient (Wildman–Crippen LogP) is 1.91. The van der Waals surface area contributed by atoms with Gasteiger partial charge in [0.1, 0.15) is 6.04 Å². The SMILES string of the molecule is O=C1CC[C@@H](C(=O)N2CCCC2c2ccc(F)c(F)c2)N1. The highest BCUT2D eigenvalue weighted by atomic mass is 19.2. The molecule has 0 aromatic heterocycles. The fourth-order valence-electron chi connectivity index (χ4n) is 3.10. The van der Waals surface area contributed by atoms with Crippen LogP contribution in [-0.4, -0.2) is 29.3 Å². The van der Waals surface area contributed by atoms with Gasteiger partial charge in [0.2, 0.25) is 11.8 Å². The van der Waals surface area contributed by atoms with Gasteiger partial charge >= 0.3 is 0 Å². The van der Waals surface area contributed by atoms with Crippen molar-refractivity contribution in [1.29, 1.82) is 0 Å². The van der Waals surface area contributed by atoms with Crippen LogP contribution in [0.25, 0.3) is 0 Å². The van der Waals surface area contributed by atoms with E-state index in [-0.39, 0.29) is 17.9 Å². The normalized spacial score (nSPS) is 25.2. The summed E-state index contributed by atoms with van der Waals surface area (Å²) < 4.78 is 26.4. The topological polar surface area (TPSA) is 49.4 Å². The summed E-state index contributed by atoms with van der Waals surface area (Å²) in [5, 5.41) is 2.66. The molecule has 2 heterocycles. The highest BCUT2D eigenvalue weighted by molar-refractivity contribution is 5.91. The molecule has 2 aliphatic rings. The molecule has 1 N–H and O–H groups in total. The van der Waals surface area contributed by atoms with Crippen molar-refractivity contribution < 1.29 is 18.4 Å². The molecular weight excluding hydrogens is 278 g/mol. The maximum Gasteiger partial charge on any atom is 0.245 e. The molecule has 3 rings (SSSR count). The monoisotopic (exact) mass is 294 g/mol. The largest absolute Gasteiger partial charge is 0.344 e. The van der Waals surface area contributed by atoms with E-state index < -0.39 is 17.7 Å². The van der Waals surface area contributed by atoms with E-state index in [2.05, 4.69) is 5.32 Å². The van der Waals surface area contributed by atoms with Crippen LogP contribution < -0.4 is 5.32 Å². The van der Waals surface area contributed by atoms with Crippen LogP contribution >= 0.6 is 0 Å². The molecule has 0 radical (unpaired) electrons. The van der Waals surface area contributed by atoms with Gasteiger partial charge in [-0.15, -0.1) is 0 Å². The summed E-state index contributed by atoms with van der Waals surface area (Å²) in [5.74, 6) is -2.04. The number of nitrogens with zero attached hydrogens (tertiary/aromatic N) is 1. The number of carbonyl (C=O) groups excluding carboxylic acids is 2. The lowest BCUT2D eigenvalue weighted by Crippen LogP contribution is -2.44. The summed E-state index contributed by atoms with van der Waals surface area (Å²) in [4.78, 5) is 25.4. The van der Waals surface area contributed by atoms with Crippen LogP contribution in [0.4, 0.5) is 8.78 Å². The summed E-state index contributed by atoms with van der Waals surface area (Å²) >= 11 is 0. The molecular formula is C15H16F2N2O2. The van der Waals surface area contributed by atoms with E-state index in [4.69, 9.17) is 0 Å². The molecule has 2 amide bonds. The summed E-state index contributed by atoms with van der Waals surface area (Å²) in [6.07, 6.45) is 2.40. The highest BCUT2D eigenvalue weighted by Crippen LogP contribution is 2.33. The van der Waals surface area contributed by atoms with Crippen LogP contribution in [-0.2, 0) is 9.59 Å². The van der Waals surface area contributed by atoms with Gasteiger partial charge in [0.15, 0.2) is 11.6 Å². The average Bonchev–Trinajstić information content (AvgIpc) is 3.10. The zero-order valence-electron chi connectivity index (χ0n) is 11.4. The maximum absolute atomic E-state index is 13.4. The standard InChI is InChI=1S/C15H16F2N2O2/c16-10-4-3-9(8-11(10)17)13-2-1-7-19(13)15(21)12-5-6-14(20)18-12/h3-4,8,12-13H,1-2,5-7H2,(H,18,20)/t12-,13?/m0/s1. The smallest absolute Gasteiger partial charge is 0.245 e. The van der Waals surface area contributed by atoms with Gasteiger partial charge in [-0.2, -0.15) is 0 Å². The van der Waals surface area contributed by atoms with Gasteiger partial charge in [0.05, 0.1) is 6.04 Å². The van der Waals surface area contributed by atoms with Crippen LogP contribution in [0.2, 0.25) is 0 Å². The van der Waals surface area contributed by atoms with E-state index in [1.807, 2.05) is 0 Å². The van der Waals surface area contributed by atoms with Crippen molar-refractivity contribution in [2.24, 2.45) is 0 Å². The van der Waals surface area contributed by atoms with E-state index in [1.54, 1.807) is 4.90 Å². The third kappa shape index (κ3) is 2.62. The van der Waals surface area contributed by atoms with Crippen molar-refractivity contribution >= 4 is 11.8 Å². The number of rotatable bonds is 2. The Morgan fingerprint density at radius 1 is 1.24 bits per heavy atom. The lowest BCUT2D eigenvalue weighted by molar-refractivity contribution is -0.135. The molecule has 0 aliphatic carbocycles. The number of hydrogen-bond donors (Lipinski definition) is 1. The van der Waals surface area contributed by atoms with Crippen molar-refractivity contribution in [3.8, 4) is 0 Å². The van der Waals surface area contributed by atoms with Crippen molar-refractivity contribution in [2.45, 2.75) is 37.8 Å². The number of halogens is 2. The molecule has 112 valence electrons. The minimum atomic E-state index is -0.902. The van der Waals surface area contributed by atoms with Gasteiger partial charge in [-0.25, -0.2) is 8.78 Å². The third-order valence-corrected chi connectivity index (χ3v) is 4.16. The van der Waals surface area contributed by atoms with Gasteiger partial charge in [0.25, 0.3) is 0 Å². The number of nitrogens with one attached hydrogen (secondary N) is 1. The third-order valence-electron chi connectivity index (χ3n) is 4.16. The average molecular weight is 294 g/mol. The molecule has 0 saturated carbocycles. The van der Waals surface area contributed by atoms with Crippen LogP contribution in [0.15, 0.2) is 18.2 Å². The van der Waals surface area contributed by atoms with Crippen molar-refractivity contribution in [3.63, 3.8) is 0 Å². The molecule has 0 spiro atoms. The predicted molar refractivity (Wildman–Crippen MR) is 71.2 cm³/mol. The van der Waals surface area contributed by atoms with E-state index in [0.29, 0.717) is 24.9 Å². The molecule has 1 unspecified atom stereocenters. The lowest BCUT2D eigenvalue weighted by Gasteiger charge is -2.27. The van der Waals surface area contributed by atoms with E-state index in [0.717, 1.165) is 25.0 Å². The van der Waals surface area contributed by atoms with Gasteiger partial charge in [-0.05, 0) is 37.0 Å². The first-order valence-corrected chi connectivity index (χ1v) is 7.11. The lowest BCUT2D eigenvalue weighted by atomic mass is 10.0.